The highest BCUT2D eigenvalue weighted by atomic mass is 16.6. The minimum Gasteiger partial charge on any atom is -0.497 e. The molecule has 1 spiro atoms. The molecule has 1 aliphatic carbocycles. The molecule has 3 rings (SSSR count). The molecule has 2 aliphatic rings. The normalized spacial score (nSPS) is 24.1. The molecule has 7 heteroatoms. The lowest BCUT2D eigenvalue weighted by molar-refractivity contribution is -0.140. The van der Waals surface area contributed by atoms with Crippen molar-refractivity contribution in [3.8, 4) is 11.5 Å². The zero-order chi connectivity index (χ0) is 24.9. The first-order valence-electron chi connectivity index (χ1n) is 11.3. The van der Waals surface area contributed by atoms with E-state index in [-0.39, 0.29) is 24.2 Å². The molecule has 0 bridgehead atoms. The maximum absolute atomic E-state index is 13.0. The molecule has 0 N–H and O–H groups in total. The number of methoxy groups -OCH3 is 2. The smallest absolute Gasteiger partial charge is 0.342 e. The van der Waals surface area contributed by atoms with Gasteiger partial charge in [0.1, 0.15) is 29.3 Å². The Morgan fingerprint density at radius 3 is 2.62 bits per heavy atom. The van der Waals surface area contributed by atoms with Crippen LogP contribution in [0.1, 0.15) is 56.8 Å². The van der Waals surface area contributed by atoms with Crippen molar-refractivity contribution in [1.29, 1.82) is 0 Å². The highest BCUT2D eigenvalue weighted by molar-refractivity contribution is 6.01. The first-order chi connectivity index (χ1) is 16.2. The lowest BCUT2D eigenvalue weighted by atomic mass is 9.69. The van der Waals surface area contributed by atoms with Gasteiger partial charge in [-0.1, -0.05) is 17.2 Å². The van der Waals surface area contributed by atoms with Crippen molar-refractivity contribution < 1.29 is 33.3 Å². The van der Waals surface area contributed by atoms with Crippen LogP contribution in [0.2, 0.25) is 0 Å². The number of hydrogen-bond acceptors (Lipinski definition) is 7. The summed E-state index contributed by atoms with van der Waals surface area (Å²) >= 11 is 0. The second-order valence-electron chi connectivity index (χ2n) is 9.01. The second-order valence-corrected chi connectivity index (χ2v) is 9.01. The molecular weight excluding hydrogens is 436 g/mol. The van der Waals surface area contributed by atoms with Gasteiger partial charge < -0.3 is 18.9 Å². The van der Waals surface area contributed by atoms with Gasteiger partial charge in [-0.2, -0.15) is 0 Å². The summed E-state index contributed by atoms with van der Waals surface area (Å²) < 4.78 is 21.7. The van der Waals surface area contributed by atoms with Crippen molar-refractivity contribution in [3.05, 3.63) is 59.2 Å². The number of rotatable bonds is 8. The van der Waals surface area contributed by atoms with Crippen LogP contribution in [0.15, 0.2) is 53.6 Å². The molecule has 7 nitrogen and oxygen atoms in total. The molecule has 0 amide bonds. The van der Waals surface area contributed by atoms with E-state index in [1.165, 1.54) is 25.9 Å². The summed E-state index contributed by atoms with van der Waals surface area (Å²) in [5.41, 5.74) is 1.43. The van der Waals surface area contributed by atoms with E-state index >= 15 is 0 Å². The van der Waals surface area contributed by atoms with E-state index in [0.717, 1.165) is 18.4 Å². The van der Waals surface area contributed by atoms with E-state index in [1.54, 1.807) is 24.3 Å². The van der Waals surface area contributed by atoms with Crippen molar-refractivity contribution in [2.45, 2.75) is 58.7 Å². The fourth-order valence-electron chi connectivity index (χ4n) is 4.33. The van der Waals surface area contributed by atoms with Crippen LogP contribution in [-0.4, -0.2) is 44.1 Å². The number of carbonyl (C=O) groups is 3. The molecule has 3 atom stereocenters. The molecular formula is C27H32O7. The summed E-state index contributed by atoms with van der Waals surface area (Å²) in [6.07, 6.45) is 7.39. The zero-order valence-electron chi connectivity index (χ0n) is 20.4. The molecule has 1 aromatic carbocycles. The monoisotopic (exact) mass is 468 g/mol. The van der Waals surface area contributed by atoms with Crippen LogP contribution in [0.3, 0.4) is 0 Å². The first kappa shape index (κ1) is 25.3. The Balaban J connectivity index is 1.79. The average molecular weight is 469 g/mol. The molecule has 1 fully saturated rings. The molecule has 34 heavy (non-hydrogen) atoms. The second kappa shape index (κ2) is 10.7. The van der Waals surface area contributed by atoms with Crippen LogP contribution >= 0.6 is 0 Å². The Kier molecular flexibility index (Phi) is 7.97. The minimum absolute atomic E-state index is 0.0432. The molecule has 1 aromatic rings. The molecule has 0 unspecified atom stereocenters. The lowest BCUT2D eigenvalue weighted by Gasteiger charge is -2.34. The van der Waals surface area contributed by atoms with Gasteiger partial charge >= 0.3 is 11.9 Å². The summed E-state index contributed by atoms with van der Waals surface area (Å²) in [4.78, 5) is 38.2. The van der Waals surface area contributed by atoms with Gasteiger partial charge in [0.25, 0.3) is 0 Å². The SMILES string of the molecule is COc1ccc(C(=O)O[C@@H]2C=CC(=O)[C@@]3(CC(=O)O[C@@H]3/C=C(\C)CCC=C(C)C)C2)c(OC)c1. The maximum Gasteiger partial charge on any atom is 0.342 e. The van der Waals surface area contributed by atoms with Gasteiger partial charge in [0.05, 0.1) is 26.1 Å². The number of hydrogen-bond donors (Lipinski definition) is 0. The molecule has 0 radical (unpaired) electrons. The van der Waals surface area contributed by atoms with Gasteiger partial charge in [-0.25, -0.2) is 4.79 Å². The number of esters is 2. The molecule has 1 aliphatic heterocycles. The van der Waals surface area contributed by atoms with Gasteiger partial charge in [-0.3, -0.25) is 9.59 Å². The van der Waals surface area contributed by atoms with Crippen LogP contribution in [0.4, 0.5) is 0 Å². The highest BCUT2D eigenvalue weighted by Crippen LogP contribution is 2.45. The van der Waals surface area contributed by atoms with Crippen molar-refractivity contribution in [2.75, 3.05) is 14.2 Å². The van der Waals surface area contributed by atoms with Gasteiger partial charge in [0, 0.05) is 12.5 Å². The maximum atomic E-state index is 13.0. The van der Waals surface area contributed by atoms with Gasteiger partial charge in [0.15, 0.2) is 5.78 Å². The van der Waals surface area contributed by atoms with Crippen LogP contribution < -0.4 is 9.47 Å². The Bertz CT molecular complexity index is 1050. The topological polar surface area (TPSA) is 88.1 Å². The summed E-state index contributed by atoms with van der Waals surface area (Å²) in [7, 11) is 2.98. The zero-order valence-corrected chi connectivity index (χ0v) is 20.4. The van der Waals surface area contributed by atoms with Crippen molar-refractivity contribution in [3.63, 3.8) is 0 Å². The van der Waals surface area contributed by atoms with Crippen LogP contribution in [0.25, 0.3) is 0 Å². The van der Waals surface area contributed by atoms with E-state index < -0.39 is 29.6 Å². The summed E-state index contributed by atoms with van der Waals surface area (Å²) in [6.45, 7) is 6.06. The third-order valence-corrected chi connectivity index (χ3v) is 6.20. The fraction of sp³-hybridized carbons (Fsp3) is 0.444. The standard InChI is InChI=1S/C27H32O7/c1-17(2)7-6-8-18(3)13-24-27(16-25(29)34-24)15-20(10-12-23(27)28)33-26(30)21-11-9-19(31-4)14-22(21)32-5/h7,9-14,20,24H,6,8,15-16H2,1-5H3/b18-13+/t20-,24-,27+/m1/s1. The Morgan fingerprint density at radius 2 is 1.94 bits per heavy atom. The van der Waals surface area contributed by atoms with E-state index in [1.807, 2.05) is 26.8 Å². The number of allylic oxidation sites excluding steroid dienone is 4. The van der Waals surface area contributed by atoms with Crippen molar-refractivity contribution in [2.24, 2.45) is 5.41 Å². The summed E-state index contributed by atoms with van der Waals surface area (Å²) in [6, 6.07) is 4.81. The Hall–Kier alpha value is -3.35. The quantitative estimate of drug-likeness (QED) is 0.402. The molecule has 1 heterocycles. The number of carbonyl (C=O) groups excluding carboxylic acids is 3. The summed E-state index contributed by atoms with van der Waals surface area (Å²) in [5.74, 6) is -0.336. The van der Waals surface area contributed by atoms with Gasteiger partial charge in [0.2, 0.25) is 0 Å². The number of benzene rings is 1. The van der Waals surface area contributed by atoms with Crippen molar-refractivity contribution >= 4 is 17.7 Å². The highest BCUT2D eigenvalue weighted by Gasteiger charge is 2.55. The average Bonchev–Trinajstić information content (AvgIpc) is 3.10. The molecule has 182 valence electrons. The minimum atomic E-state index is -1.08. The largest absolute Gasteiger partial charge is 0.497 e. The lowest BCUT2D eigenvalue weighted by Crippen LogP contribution is -2.43. The Morgan fingerprint density at radius 1 is 1.18 bits per heavy atom. The molecule has 1 saturated heterocycles. The Labute approximate surface area is 200 Å². The molecule has 0 aromatic heterocycles. The van der Waals surface area contributed by atoms with Gasteiger partial charge in [-0.05, 0) is 64.0 Å². The predicted molar refractivity (Wildman–Crippen MR) is 127 cm³/mol. The van der Waals surface area contributed by atoms with E-state index in [4.69, 9.17) is 18.9 Å². The van der Waals surface area contributed by atoms with Crippen LogP contribution in [0.5, 0.6) is 11.5 Å². The number of ether oxygens (including phenoxy) is 4. The number of ketones is 1. The van der Waals surface area contributed by atoms with E-state index in [0.29, 0.717) is 11.5 Å². The molecule has 0 saturated carbocycles. The van der Waals surface area contributed by atoms with Crippen LogP contribution in [-0.2, 0) is 19.1 Å². The third-order valence-electron chi connectivity index (χ3n) is 6.20. The fourth-order valence-corrected chi connectivity index (χ4v) is 4.33. The van der Waals surface area contributed by atoms with E-state index in [2.05, 4.69) is 6.08 Å². The number of cyclic esters (lactones) is 1. The summed E-state index contributed by atoms with van der Waals surface area (Å²) in [5, 5.41) is 0. The predicted octanol–water partition coefficient (Wildman–Crippen LogP) is 4.75. The van der Waals surface area contributed by atoms with E-state index in [9.17, 15) is 14.4 Å². The van der Waals surface area contributed by atoms with Crippen molar-refractivity contribution in [1.82, 2.24) is 0 Å². The third kappa shape index (κ3) is 5.58. The first-order valence-corrected chi connectivity index (χ1v) is 11.3. The van der Waals surface area contributed by atoms with Crippen LogP contribution in [0, 0.1) is 5.41 Å². The van der Waals surface area contributed by atoms with Gasteiger partial charge in [-0.15, -0.1) is 0 Å².